The molecule has 2 heterocycles. The third-order valence-corrected chi connectivity index (χ3v) is 5.37. The van der Waals surface area contributed by atoms with Crippen molar-refractivity contribution < 1.29 is 9.59 Å². The fraction of sp³-hybridized carbons (Fsp3) is 0.200. The van der Waals surface area contributed by atoms with E-state index in [2.05, 4.69) is 10.3 Å². The summed E-state index contributed by atoms with van der Waals surface area (Å²) in [6.07, 6.45) is 1.79. The number of nitrogens with zero attached hydrogens (tertiary/aromatic N) is 2. The molecular formula is C15H13N3O2S3. The summed E-state index contributed by atoms with van der Waals surface area (Å²) in [6, 6.07) is 9.54. The SMILES string of the molecule is O=C(CN1C(=O)/C(=C\c2ccccc2)SC1=S)NC1=NCCS1. The second-order valence-corrected chi connectivity index (χ2v) is 7.52. The van der Waals surface area contributed by atoms with Crippen molar-refractivity contribution >= 4 is 63.1 Å². The molecule has 0 radical (unpaired) electrons. The Morgan fingerprint density at radius 2 is 2.17 bits per heavy atom. The fourth-order valence-electron chi connectivity index (χ4n) is 2.05. The van der Waals surface area contributed by atoms with E-state index in [1.165, 1.54) is 28.4 Å². The summed E-state index contributed by atoms with van der Waals surface area (Å²) in [7, 11) is 0. The molecule has 1 N–H and O–H groups in total. The zero-order valence-electron chi connectivity index (χ0n) is 12.0. The molecule has 0 spiro atoms. The smallest absolute Gasteiger partial charge is 0.266 e. The van der Waals surface area contributed by atoms with Gasteiger partial charge in [0.2, 0.25) is 5.91 Å². The van der Waals surface area contributed by atoms with Gasteiger partial charge in [-0.05, 0) is 11.6 Å². The number of aliphatic imine (C=N–C) groups is 1. The van der Waals surface area contributed by atoms with Crippen LogP contribution in [0, 0.1) is 0 Å². The molecule has 1 aromatic carbocycles. The van der Waals surface area contributed by atoms with E-state index in [0.29, 0.717) is 20.9 Å². The molecule has 2 aliphatic heterocycles. The van der Waals surface area contributed by atoms with Gasteiger partial charge in [0.05, 0.1) is 11.4 Å². The van der Waals surface area contributed by atoms with Crippen LogP contribution in [0.2, 0.25) is 0 Å². The number of rotatable bonds is 3. The zero-order valence-corrected chi connectivity index (χ0v) is 14.5. The Labute approximate surface area is 147 Å². The molecule has 3 rings (SSSR count). The van der Waals surface area contributed by atoms with Crippen LogP contribution in [0.15, 0.2) is 40.2 Å². The second kappa shape index (κ2) is 7.29. The molecule has 23 heavy (non-hydrogen) atoms. The summed E-state index contributed by atoms with van der Waals surface area (Å²) in [5.74, 6) is 0.353. The van der Waals surface area contributed by atoms with Gasteiger partial charge in [-0.3, -0.25) is 19.5 Å². The Bertz CT molecular complexity index is 716. The van der Waals surface area contributed by atoms with Crippen molar-refractivity contribution in [3.05, 3.63) is 40.8 Å². The lowest BCUT2D eigenvalue weighted by atomic mass is 10.2. The lowest BCUT2D eigenvalue weighted by Crippen LogP contribution is -2.40. The molecule has 0 aromatic heterocycles. The zero-order chi connectivity index (χ0) is 16.2. The molecule has 8 heteroatoms. The van der Waals surface area contributed by atoms with Crippen molar-refractivity contribution in [3.8, 4) is 0 Å². The van der Waals surface area contributed by atoms with Gasteiger partial charge in [-0.2, -0.15) is 0 Å². The maximum Gasteiger partial charge on any atom is 0.266 e. The molecule has 0 saturated carbocycles. The summed E-state index contributed by atoms with van der Waals surface area (Å²) in [6.45, 7) is 0.623. The monoisotopic (exact) mass is 363 g/mol. The average molecular weight is 363 g/mol. The minimum absolute atomic E-state index is 0.0869. The normalized spacial score (nSPS) is 19.4. The number of thiocarbonyl (C=S) groups is 1. The molecule has 118 valence electrons. The first-order valence-corrected chi connectivity index (χ1v) is 9.12. The Morgan fingerprint density at radius 1 is 1.39 bits per heavy atom. The van der Waals surface area contributed by atoms with E-state index < -0.39 is 0 Å². The summed E-state index contributed by atoms with van der Waals surface area (Å²) in [5.41, 5.74) is 0.925. The highest BCUT2D eigenvalue weighted by Crippen LogP contribution is 2.32. The number of thioether (sulfide) groups is 2. The third kappa shape index (κ3) is 4.01. The molecule has 2 aliphatic rings. The van der Waals surface area contributed by atoms with Crippen LogP contribution in [0.25, 0.3) is 6.08 Å². The van der Waals surface area contributed by atoms with Gasteiger partial charge in [0.25, 0.3) is 5.91 Å². The van der Waals surface area contributed by atoms with Crippen LogP contribution >= 0.6 is 35.7 Å². The van der Waals surface area contributed by atoms with Gasteiger partial charge >= 0.3 is 0 Å². The summed E-state index contributed by atoms with van der Waals surface area (Å²) in [4.78, 5) is 30.5. The highest BCUT2D eigenvalue weighted by molar-refractivity contribution is 8.26. The minimum Gasteiger partial charge on any atom is -0.304 e. The number of benzene rings is 1. The number of amidine groups is 1. The van der Waals surface area contributed by atoms with Gasteiger partial charge in [0.15, 0.2) is 5.17 Å². The summed E-state index contributed by atoms with van der Waals surface area (Å²) < 4.78 is 0.397. The van der Waals surface area contributed by atoms with Crippen molar-refractivity contribution in [3.63, 3.8) is 0 Å². The lowest BCUT2D eigenvalue weighted by Gasteiger charge is -2.13. The first-order chi connectivity index (χ1) is 11.1. The quantitative estimate of drug-likeness (QED) is 0.658. The van der Waals surface area contributed by atoms with Gasteiger partial charge in [0, 0.05) is 5.75 Å². The highest BCUT2D eigenvalue weighted by Gasteiger charge is 2.33. The number of hydrogen-bond acceptors (Lipinski definition) is 6. The van der Waals surface area contributed by atoms with Crippen molar-refractivity contribution in [2.45, 2.75) is 0 Å². The van der Waals surface area contributed by atoms with Gasteiger partial charge in [-0.25, -0.2) is 0 Å². The Hall–Kier alpha value is -1.64. The Morgan fingerprint density at radius 3 is 2.87 bits per heavy atom. The lowest BCUT2D eigenvalue weighted by molar-refractivity contribution is -0.128. The van der Waals surface area contributed by atoms with Crippen LogP contribution in [-0.4, -0.2) is 45.0 Å². The van der Waals surface area contributed by atoms with Crippen molar-refractivity contribution in [2.24, 2.45) is 4.99 Å². The standard InChI is InChI=1S/C15H13N3O2S3/c19-12(17-14-16-6-7-22-14)9-18-13(20)11(23-15(18)21)8-10-4-2-1-3-5-10/h1-5,8H,6-7,9H2,(H,16,17,19)/b11-8+. The fourth-order valence-corrected chi connectivity index (χ4v) is 4.05. The summed E-state index contributed by atoms with van der Waals surface area (Å²) >= 11 is 7.94. The maximum absolute atomic E-state index is 12.4. The Kier molecular flexibility index (Phi) is 5.14. The van der Waals surface area contributed by atoms with Crippen molar-refractivity contribution in [1.82, 2.24) is 10.2 Å². The van der Waals surface area contributed by atoms with Crippen LogP contribution in [0.1, 0.15) is 5.56 Å². The predicted octanol–water partition coefficient (Wildman–Crippen LogP) is 2.11. The number of hydrogen-bond donors (Lipinski definition) is 1. The topological polar surface area (TPSA) is 61.8 Å². The molecule has 1 saturated heterocycles. The van der Waals surface area contributed by atoms with E-state index >= 15 is 0 Å². The molecule has 1 fully saturated rings. The van der Waals surface area contributed by atoms with Crippen LogP contribution in [0.3, 0.4) is 0 Å². The van der Waals surface area contributed by atoms with Crippen LogP contribution in [-0.2, 0) is 9.59 Å². The van der Waals surface area contributed by atoms with E-state index in [-0.39, 0.29) is 18.4 Å². The van der Waals surface area contributed by atoms with Gasteiger partial charge in [-0.1, -0.05) is 66.1 Å². The largest absolute Gasteiger partial charge is 0.304 e. The summed E-state index contributed by atoms with van der Waals surface area (Å²) in [5, 5.41) is 3.31. The minimum atomic E-state index is -0.282. The number of amides is 2. The maximum atomic E-state index is 12.4. The predicted molar refractivity (Wildman–Crippen MR) is 99.2 cm³/mol. The van der Waals surface area contributed by atoms with Crippen LogP contribution in [0.5, 0.6) is 0 Å². The molecule has 1 aromatic rings. The van der Waals surface area contributed by atoms with Gasteiger partial charge < -0.3 is 5.32 Å². The average Bonchev–Trinajstić information content (AvgIpc) is 3.13. The van der Waals surface area contributed by atoms with Crippen LogP contribution in [0.4, 0.5) is 0 Å². The second-order valence-electron chi connectivity index (χ2n) is 4.76. The van der Waals surface area contributed by atoms with E-state index in [4.69, 9.17) is 12.2 Å². The third-order valence-electron chi connectivity index (χ3n) is 3.10. The molecule has 5 nitrogen and oxygen atoms in total. The van der Waals surface area contributed by atoms with E-state index in [0.717, 1.165) is 11.3 Å². The molecule has 2 amide bonds. The molecule has 0 bridgehead atoms. The molecule has 0 aliphatic carbocycles. The van der Waals surface area contributed by atoms with E-state index in [9.17, 15) is 9.59 Å². The molecular weight excluding hydrogens is 350 g/mol. The molecule has 0 unspecified atom stereocenters. The highest BCUT2D eigenvalue weighted by atomic mass is 32.2. The number of carbonyl (C=O) groups excluding carboxylic acids is 2. The molecule has 0 atom stereocenters. The first kappa shape index (κ1) is 16.2. The Balaban J connectivity index is 1.66. The number of carbonyl (C=O) groups is 2. The number of nitrogens with one attached hydrogen (secondary N) is 1. The van der Waals surface area contributed by atoms with Crippen molar-refractivity contribution in [2.75, 3.05) is 18.8 Å². The van der Waals surface area contributed by atoms with Gasteiger partial charge in [0.1, 0.15) is 10.9 Å². The first-order valence-electron chi connectivity index (χ1n) is 6.91. The van der Waals surface area contributed by atoms with Gasteiger partial charge in [-0.15, -0.1) is 0 Å². The van der Waals surface area contributed by atoms with Crippen molar-refractivity contribution in [1.29, 1.82) is 0 Å². The van der Waals surface area contributed by atoms with E-state index in [1.807, 2.05) is 30.3 Å². The van der Waals surface area contributed by atoms with Crippen LogP contribution < -0.4 is 5.32 Å². The van der Waals surface area contributed by atoms with E-state index in [1.54, 1.807) is 6.08 Å².